The van der Waals surface area contributed by atoms with Crippen molar-refractivity contribution in [2.45, 2.75) is 45.6 Å². The number of aliphatic carboxylic acids is 1. The van der Waals surface area contributed by atoms with Gasteiger partial charge in [-0.25, -0.2) is 4.79 Å². The molecular formula is C13H18N2O5. The zero-order chi connectivity index (χ0) is 15.5. The first kappa shape index (κ1) is 15.9. The van der Waals surface area contributed by atoms with Gasteiger partial charge in [0.1, 0.15) is 11.3 Å². The Hall–Kier alpha value is -2.18. The molecule has 7 nitrogen and oxygen atoms in total. The second-order valence-electron chi connectivity index (χ2n) is 5.30. The molecule has 0 saturated heterocycles. The highest BCUT2D eigenvalue weighted by Crippen LogP contribution is 2.22. The average Bonchev–Trinajstić information content (AvgIpc) is 2.71. The Bertz CT molecular complexity index is 527. The predicted molar refractivity (Wildman–Crippen MR) is 69.9 cm³/mol. The van der Waals surface area contributed by atoms with Gasteiger partial charge < -0.3 is 9.84 Å². The van der Waals surface area contributed by atoms with Crippen LogP contribution in [-0.4, -0.2) is 38.8 Å². The largest absolute Gasteiger partial charge is 0.481 e. The summed E-state index contributed by atoms with van der Waals surface area (Å²) in [6.07, 6.45) is -0.0820. The third kappa shape index (κ3) is 3.66. The lowest BCUT2D eigenvalue weighted by Crippen LogP contribution is -2.30. The van der Waals surface area contributed by atoms with Crippen LogP contribution in [0.3, 0.4) is 0 Å². The molecule has 0 saturated carbocycles. The van der Waals surface area contributed by atoms with Gasteiger partial charge in [-0.1, -0.05) is 6.92 Å². The molecular weight excluding hydrogens is 264 g/mol. The minimum absolute atomic E-state index is 0.00874. The fourth-order valence-electron chi connectivity index (χ4n) is 1.68. The van der Waals surface area contributed by atoms with Gasteiger partial charge in [0.15, 0.2) is 6.29 Å². The van der Waals surface area contributed by atoms with E-state index in [1.807, 2.05) is 0 Å². The second-order valence-corrected chi connectivity index (χ2v) is 5.30. The number of carbonyl (C=O) groups excluding carboxylic acids is 2. The normalized spacial score (nSPS) is 12.8. The molecule has 1 N–H and O–H groups in total. The molecule has 1 rings (SSSR count). The molecule has 1 aromatic heterocycles. The van der Waals surface area contributed by atoms with Crippen LogP contribution in [0.2, 0.25) is 0 Å². The number of carboxylic acids is 1. The van der Waals surface area contributed by atoms with Crippen molar-refractivity contribution < 1.29 is 24.2 Å². The summed E-state index contributed by atoms with van der Waals surface area (Å²) in [6, 6.07) is 1.29. The van der Waals surface area contributed by atoms with Crippen LogP contribution in [0.1, 0.15) is 56.2 Å². The van der Waals surface area contributed by atoms with Crippen LogP contribution in [-0.2, 0) is 9.53 Å². The second kappa shape index (κ2) is 5.85. The lowest BCUT2D eigenvalue weighted by atomic mass is 10.0. The summed E-state index contributed by atoms with van der Waals surface area (Å²) in [6.45, 7) is 6.72. The molecule has 0 amide bonds. The minimum Gasteiger partial charge on any atom is -0.481 e. The molecule has 1 heterocycles. The fourth-order valence-corrected chi connectivity index (χ4v) is 1.68. The van der Waals surface area contributed by atoms with Crippen LogP contribution < -0.4 is 0 Å². The predicted octanol–water partition coefficient (Wildman–Crippen LogP) is 2.06. The van der Waals surface area contributed by atoms with Crippen molar-refractivity contribution in [1.82, 2.24) is 9.78 Å². The summed E-state index contributed by atoms with van der Waals surface area (Å²) in [4.78, 5) is 34.0. The van der Waals surface area contributed by atoms with Crippen molar-refractivity contribution in [3.8, 4) is 0 Å². The van der Waals surface area contributed by atoms with Crippen molar-refractivity contribution in [3.63, 3.8) is 0 Å². The quantitative estimate of drug-likeness (QED) is 0.849. The van der Waals surface area contributed by atoms with Gasteiger partial charge in [0.05, 0.1) is 11.6 Å². The number of aromatic nitrogens is 2. The van der Waals surface area contributed by atoms with Crippen molar-refractivity contribution >= 4 is 18.3 Å². The molecule has 0 aromatic carbocycles. The van der Waals surface area contributed by atoms with E-state index >= 15 is 0 Å². The molecule has 1 aromatic rings. The van der Waals surface area contributed by atoms with Crippen LogP contribution in [0.4, 0.5) is 4.79 Å². The van der Waals surface area contributed by atoms with E-state index in [4.69, 9.17) is 9.84 Å². The first-order valence-corrected chi connectivity index (χ1v) is 6.21. The number of carboxylic acid groups (broad SMARTS) is 1. The number of aldehydes is 1. The molecule has 1 unspecified atom stereocenters. The van der Waals surface area contributed by atoms with Gasteiger partial charge in [-0.15, -0.1) is 0 Å². The van der Waals surface area contributed by atoms with Crippen LogP contribution in [0, 0.1) is 0 Å². The summed E-state index contributed by atoms with van der Waals surface area (Å²) in [5.41, 5.74) is -0.617. The van der Waals surface area contributed by atoms with Gasteiger partial charge in [0.25, 0.3) is 0 Å². The highest BCUT2D eigenvalue weighted by Gasteiger charge is 2.28. The highest BCUT2D eigenvalue weighted by atomic mass is 16.6. The third-order valence-electron chi connectivity index (χ3n) is 2.51. The Labute approximate surface area is 116 Å². The van der Waals surface area contributed by atoms with Crippen molar-refractivity contribution in [3.05, 3.63) is 17.5 Å². The maximum Gasteiger partial charge on any atom is 0.435 e. The van der Waals surface area contributed by atoms with Crippen LogP contribution in [0.5, 0.6) is 0 Å². The molecule has 0 spiro atoms. The van der Waals surface area contributed by atoms with Gasteiger partial charge in [0.2, 0.25) is 0 Å². The van der Waals surface area contributed by atoms with E-state index in [1.54, 1.807) is 27.7 Å². The number of ether oxygens (including phenoxy) is 1. The SMILES string of the molecule is CCC(C(=O)O)c1cc(C=O)nn1C(=O)OC(C)(C)C. The lowest BCUT2D eigenvalue weighted by Gasteiger charge is -2.20. The molecule has 0 bridgehead atoms. The maximum atomic E-state index is 12.0. The average molecular weight is 282 g/mol. The van der Waals surface area contributed by atoms with Crippen molar-refractivity contribution in [1.29, 1.82) is 0 Å². The number of rotatable bonds is 4. The molecule has 0 fully saturated rings. The Morgan fingerprint density at radius 2 is 2.10 bits per heavy atom. The Balaban J connectivity index is 3.24. The highest BCUT2D eigenvalue weighted by molar-refractivity contribution is 5.81. The van der Waals surface area contributed by atoms with E-state index in [0.29, 0.717) is 6.29 Å². The zero-order valence-corrected chi connectivity index (χ0v) is 11.9. The lowest BCUT2D eigenvalue weighted by molar-refractivity contribution is -0.139. The van der Waals surface area contributed by atoms with Gasteiger partial charge in [-0.2, -0.15) is 9.78 Å². The fraction of sp³-hybridized carbons (Fsp3) is 0.538. The molecule has 0 aliphatic rings. The number of carbonyl (C=O) groups is 3. The first-order valence-electron chi connectivity index (χ1n) is 6.21. The maximum absolute atomic E-state index is 12.0. The minimum atomic E-state index is -1.09. The van der Waals surface area contributed by atoms with Gasteiger partial charge >= 0.3 is 12.1 Å². The molecule has 7 heteroatoms. The molecule has 0 aliphatic heterocycles. The summed E-state index contributed by atoms with van der Waals surface area (Å²) in [7, 11) is 0. The Morgan fingerprint density at radius 1 is 1.50 bits per heavy atom. The standard InChI is InChI=1S/C13H18N2O5/c1-5-9(11(17)18)10-6-8(7-16)14-15(10)12(19)20-13(2,3)4/h6-7,9H,5H2,1-4H3,(H,17,18). The monoisotopic (exact) mass is 282 g/mol. The topological polar surface area (TPSA) is 98.5 Å². The van der Waals surface area contributed by atoms with E-state index in [9.17, 15) is 14.4 Å². The molecule has 1 atom stereocenters. The summed E-state index contributed by atoms with van der Waals surface area (Å²) >= 11 is 0. The smallest absolute Gasteiger partial charge is 0.435 e. The number of nitrogens with zero attached hydrogens (tertiary/aromatic N) is 2. The van der Waals surface area contributed by atoms with Gasteiger partial charge in [0, 0.05) is 0 Å². The Kier molecular flexibility index (Phi) is 4.65. The summed E-state index contributed by atoms with van der Waals surface area (Å²) in [5, 5.41) is 12.9. The first-order chi connectivity index (χ1) is 9.19. The molecule has 110 valence electrons. The summed E-state index contributed by atoms with van der Waals surface area (Å²) in [5.74, 6) is -2.02. The van der Waals surface area contributed by atoms with Crippen LogP contribution in [0.25, 0.3) is 0 Å². The van der Waals surface area contributed by atoms with E-state index in [0.717, 1.165) is 4.68 Å². The van der Waals surface area contributed by atoms with E-state index < -0.39 is 23.6 Å². The number of hydrogen-bond acceptors (Lipinski definition) is 5. The van der Waals surface area contributed by atoms with Crippen LogP contribution in [0.15, 0.2) is 6.07 Å². The number of hydrogen-bond donors (Lipinski definition) is 1. The van der Waals surface area contributed by atoms with Gasteiger partial charge in [-0.3, -0.25) is 9.59 Å². The molecule has 20 heavy (non-hydrogen) atoms. The van der Waals surface area contributed by atoms with E-state index in [2.05, 4.69) is 5.10 Å². The van der Waals surface area contributed by atoms with E-state index in [-0.39, 0.29) is 17.8 Å². The Morgan fingerprint density at radius 3 is 2.50 bits per heavy atom. The van der Waals surface area contributed by atoms with Crippen molar-refractivity contribution in [2.75, 3.05) is 0 Å². The van der Waals surface area contributed by atoms with E-state index in [1.165, 1.54) is 6.07 Å². The summed E-state index contributed by atoms with van der Waals surface area (Å²) < 4.78 is 5.99. The van der Waals surface area contributed by atoms with Crippen LogP contribution >= 0.6 is 0 Å². The van der Waals surface area contributed by atoms with Gasteiger partial charge in [-0.05, 0) is 33.3 Å². The zero-order valence-electron chi connectivity index (χ0n) is 11.9. The molecule has 0 aliphatic carbocycles. The third-order valence-corrected chi connectivity index (χ3v) is 2.51. The molecule has 0 radical (unpaired) electrons. The van der Waals surface area contributed by atoms with Crippen molar-refractivity contribution in [2.24, 2.45) is 0 Å².